The van der Waals surface area contributed by atoms with Gasteiger partial charge in [-0.1, -0.05) is 31.4 Å². The van der Waals surface area contributed by atoms with E-state index >= 15 is 0 Å². The number of rotatable bonds is 6. The Kier molecular flexibility index (Phi) is 6.42. The number of aliphatic carboxylic acids is 1. The SMILES string of the molecule is Cc1c(Cl)nc(NC[C@H]2C[C@H](C)CCN2C2CCCC2)c(=O)n1CC(=O)O. The molecule has 1 saturated carbocycles. The van der Waals surface area contributed by atoms with E-state index in [1.54, 1.807) is 6.92 Å². The topological polar surface area (TPSA) is 87.5 Å². The molecule has 1 aromatic rings. The third-order valence-electron chi connectivity index (χ3n) is 5.98. The van der Waals surface area contributed by atoms with Crippen molar-refractivity contribution in [2.45, 2.75) is 71.0 Å². The lowest BCUT2D eigenvalue weighted by atomic mass is 9.90. The van der Waals surface area contributed by atoms with Crippen molar-refractivity contribution in [3.05, 3.63) is 21.2 Å². The third kappa shape index (κ3) is 4.63. The highest BCUT2D eigenvalue weighted by molar-refractivity contribution is 6.30. The average Bonchev–Trinajstić information content (AvgIpc) is 3.15. The number of halogens is 1. The van der Waals surface area contributed by atoms with Crippen molar-refractivity contribution in [2.24, 2.45) is 5.92 Å². The van der Waals surface area contributed by atoms with Gasteiger partial charge < -0.3 is 10.4 Å². The van der Waals surface area contributed by atoms with Crippen LogP contribution in [-0.2, 0) is 11.3 Å². The molecule has 150 valence electrons. The van der Waals surface area contributed by atoms with E-state index in [1.165, 1.54) is 32.1 Å². The Bertz CT molecular complexity index is 745. The standard InChI is InChI=1S/C19H29ClN4O3/c1-12-7-8-23(14-5-3-4-6-14)15(9-12)10-21-18-19(27)24(11-16(25)26)13(2)17(20)22-18/h12,14-15H,3-11H2,1-2H3,(H,21,22)(H,25,26)/t12-,15-/m1/s1. The predicted octanol–water partition coefficient (Wildman–Crippen LogP) is 2.74. The number of aromatic nitrogens is 2. The Morgan fingerprint density at radius 2 is 2.04 bits per heavy atom. The predicted molar refractivity (Wildman–Crippen MR) is 106 cm³/mol. The summed E-state index contributed by atoms with van der Waals surface area (Å²) < 4.78 is 1.16. The van der Waals surface area contributed by atoms with Gasteiger partial charge in [0.1, 0.15) is 6.54 Å². The second-order valence-electron chi connectivity index (χ2n) is 7.96. The Balaban J connectivity index is 1.77. The van der Waals surface area contributed by atoms with E-state index in [9.17, 15) is 9.59 Å². The monoisotopic (exact) mass is 396 g/mol. The number of hydrogen-bond donors (Lipinski definition) is 2. The second-order valence-corrected chi connectivity index (χ2v) is 8.32. The van der Waals surface area contributed by atoms with Crippen molar-refractivity contribution in [1.82, 2.24) is 14.5 Å². The molecule has 0 unspecified atom stereocenters. The lowest BCUT2D eigenvalue weighted by Gasteiger charge is -2.42. The number of carboxylic acid groups (broad SMARTS) is 1. The van der Waals surface area contributed by atoms with E-state index in [4.69, 9.17) is 16.7 Å². The van der Waals surface area contributed by atoms with Gasteiger partial charge in [0.25, 0.3) is 5.56 Å². The van der Waals surface area contributed by atoms with Crippen LogP contribution in [0.15, 0.2) is 4.79 Å². The zero-order valence-corrected chi connectivity index (χ0v) is 16.8. The number of carboxylic acids is 1. The number of carbonyl (C=O) groups is 1. The van der Waals surface area contributed by atoms with E-state index in [1.807, 2.05) is 0 Å². The van der Waals surface area contributed by atoms with Crippen molar-refractivity contribution in [2.75, 3.05) is 18.4 Å². The number of nitrogens with one attached hydrogen (secondary N) is 1. The number of hydrogen-bond acceptors (Lipinski definition) is 5. The quantitative estimate of drug-likeness (QED) is 0.768. The fourth-order valence-electron chi connectivity index (χ4n) is 4.46. The van der Waals surface area contributed by atoms with Gasteiger partial charge in [0, 0.05) is 18.6 Å². The number of nitrogens with zero attached hydrogens (tertiary/aromatic N) is 3. The van der Waals surface area contributed by atoms with Gasteiger partial charge >= 0.3 is 5.97 Å². The van der Waals surface area contributed by atoms with Crippen molar-refractivity contribution in [3.8, 4) is 0 Å². The lowest BCUT2D eigenvalue weighted by molar-refractivity contribution is -0.137. The fourth-order valence-corrected chi connectivity index (χ4v) is 4.65. The Labute approximate surface area is 164 Å². The van der Waals surface area contributed by atoms with Crippen LogP contribution in [0, 0.1) is 12.8 Å². The average molecular weight is 397 g/mol. The summed E-state index contributed by atoms with van der Waals surface area (Å²) in [4.78, 5) is 30.5. The summed E-state index contributed by atoms with van der Waals surface area (Å²) in [5, 5.41) is 12.4. The second kappa shape index (κ2) is 8.61. The van der Waals surface area contributed by atoms with Crippen LogP contribution >= 0.6 is 11.6 Å². The smallest absolute Gasteiger partial charge is 0.323 e. The molecule has 1 aliphatic heterocycles. The van der Waals surface area contributed by atoms with Gasteiger partial charge in [0.2, 0.25) is 0 Å². The van der Waals surface area contributed by atoms with Crippen LogP contribution in [0.5, 0.6) is 0 Å². The van der Waals surface area contributed by atoms with E-state index in [0.29, 0.717) is 30.2 Å². The fraction of sp³-hybridized carbons (Fsp3) is 0.737. The third-order valence-corrected chi connectivity index (χ3v) is 6.33. The van der Waals surface area contributed by atoms with Crippen LogP contribution in [0.1, 0.15) is 51.1 Å². The molecule has 1 saturated heterocycles. The molecule has 0 amide bonds. The summed E-state index contributed by atoms with van der Waals surface area (Å²) in [6, 6.07) is 0.994. The molecule has 2 heterocycles. The van der Waals surface area contributed by atoms with Crippen LogP contribution in [-0.4, -0.2) is 50.7 Å². The first-order valence-corrected chi connectivity index (χ1v) is 10.2. The van der Waals surface area contributed by atoms with Crippen molar-refractivity contribution < 1.29 is 9.90 Å². The van der Waals surface area contributed by atoms with Gasteiger partial charge in [-0.15, -0.1) is 0 Å². The van der Waals surface area contributed by atoms with Gasteiger partial charge in [-0.05, 0) is 45.1 Å². The summed E-state index contributed by atoms with van der Waals surface area (Å²) in [6.07, 6.45) is 7.41. The summed E-state index contributed by atoms with van der Waals surface area (Å²) in [7, 11) is 0. The van der Waals surface area contributed by atoms with Gasteiger partial charge in [-0.3, -0.25) is 19.1 Å². The van der Waals surface area contributed by atoms with Gasteiger partial charge in [-0.2, -0.15) is 0 Å². The maximum absolute atomic E-state index is 12.7. The molecule has 7 nitrogen and oxygen atoms in total. The molecule has 3 rings (SSSR count). The summed E-state index contributed by atoms with van der Waals surface area (Å²) >= 11 is 6.14. The lowest BCUT2D eigenvalue weighted by Crippen LogP contribution is -2.50. The Morgan fingerprint density at radius 3 is 2.70 bits per heavy atom. The molecule has 0 bridgehead atoms. The van der Waals surface area contributed by atoms with Crippen LogP contribution in [0.25, 0.3) is 0 Å². The summed E-state index contributed by atoms with van der Waals surface area (Å²) in [6.45, 7) is 5.18. The van der Waals surface area contributed by atoms with E-state index in [0.717, 1.165) is 17.5 Å². The van der Waals surface area contributed by atoms with Gasteiger partial charge in [0.15, 0.2) is 11.0 Å². The molecule has 8 heteroatoms. The first-order valence-electron chi connectivity index (χ1n) is 9.85. The molecule has 2 aliphatic rings. The molecular weight excluding hydrogens is 368 g/mol. The zero-order chi connectivity index (χ0) is 19.6. The highest BCUT2D eigenvalue weighted by Crippen LogP contribution is 2.31. The summed E-state index contributed by atoms with van der Waals surface area (Å²) in [5.41, 5.74) is -0.0657. The number of likely N-dealkylation sites (tertiary alicyclic amines) is 1. The van der Waals surface area contributed by atoms with E-state index < -0.39 is 18.1 Å². The Hall–Kier alpha value is -1.60. The first kappa shape index (κ1) is 20.1. The number of anilines is 1. The van der Waals surface area contributed by atoms with E-state index in [2.05, 4.69) is 22.1 Å². The van der Waals surface area contributed by atoms with Crippen LogP contribution in [0.4, 0.5) is 5.82 Å². The van der Waals surface area contributed by atoms with Crippen LogP contribution in [0.2, 0.25) is 5.15 Å². The molecule has 2 fully saturated rings. The van der Waals surface area contributed by atoms with Crippen molar-refractivity contribution >= 4 is 23.4 Å². The van der Waals surface area contributed by atoms with Crippen molar-refractivity contribution in [3.63, 3.8) is 0 Å². The Morgan fingerprint density at radius 1 is 1.33 bits per heavy atom. The minimum Gasteiger partial charge on any atom is -0.480 e. The highest BCUT2D eigenvalue weighted by atomic mass is 35.5. The van der Waals surface area contributed by atoms with Crippen molar-refractivity contribution in [1.29, 1.82) is 0 Å². The maximum Gasteiger partial charge on any atom is 0.323 e. The van der Waals surface area contributed by atoms with Crippen LogP contribution in [0.3, 0.4) is 0 Å². The minimum atomic E-state index is -1.08. The minimum absolute atomic E-state index is 0.136. The molecule has 0 aromatic carbocycles. The van der Waals surface area contributed by atoms with Gasteiger partial charge in [0.05, 0.1) is 5.69 Å². The van der Waals surface area contributed by atoms with E-state index in [-0.39, 0.29) is 11.0 Å². The molecule has 1 aromatic heterocycles. The zero-order valence-electron chi connectivity index (χ0n) is 16.1. The maximum atomic E-state index is 12.7. The van der Waals surface area contributed by atoms with Crippen LogP contribution < -0.4 is 10.9 Å². The summed E-state index contributed by atoms with van der Waals surface area (Å²) in [5.74, 6) is -0.286. The molecular formula is C19H29ClN4O3. The molecule has 2 atom stereocenters. The normalized spacial score (nSPS) is 24.3. The highest BCUT2D eigenvalue weighted by Gasteiger charge is 2.33. The van der Waals surface area contributed by atoms with Gasteiger partial charge in [-0.25, -0.2) is 4.98 Å². The number of piperidine rings is 1. The molecule has 1 aliphatic carbocycles. The largest absolute Gasteiger partial charge is 0.480 e. The first-order chi connectivity index (χ1) is 12.9. The molecule has 0 spiro atoms. The molecule has 0 radical (unpaired) electrons. The molecule has 2 N–H and O–H groups in total. The molecule has 27 heavy (non-hydrogen) atoms.